The molecule has 0 bridgehead atoms. The van der Waals surface area contributed by atoms with Gasteiger partial charge in [0.1, 0.15) is 23.2 Å². The van der Waals surface area contributed by atoms with E-state index < -0.39 is 0 Å². The average molecular weight is 320 g/mol. The third-order valence-corrected chi connectivity index (χ3v) is 4.32. The van der Waals surface area contributed by atoms with Crippen molar-refractivity contribution in [2.75, 3.05) is 6.54 Å². The minimum absolute atomic E-state index is 0.0628. The van der Waals surface area contributed by atoms with Crippen molar-refractivity contribution < 1.29 is 9.21 Å². The molecule has 1 heterocycles. The van der Waals surface area contributed by atoms with E-state index in [1.54, 1.807) is 0 Å². The molecule has 1 amide bonds. The van der Waals surface area contributed by atoms with Crippen LogP contribution in [0, 0.1) is 17.2 Å². The number of nitrogens with zero attached hydrogens (tertiary/aromatic N) is 1. The van der Waals surface area contributed by atoms with Crippen LogP contribution in [-0.2, 0) is 11.2 Å². The van der Waals surface area contributed by atoms with Gasteiger partial charge >= 0.3 is 0 Å². The van der Waals surface area contributed by atoms with Crippen LogP contribution in [0.2, 0.25) is 0 Å². The third kappa shape index (κ3) is 3.94. The number of carbonyl (C=O) groups is 1. The van der Waals surface area contributed by atoms with Crippen molar-refractivity contribution in [3.8, 4) is 6.07 Å². The van der Waals surface area contributed by atoms with Gasteiger partial charge in [0.2, 0.25) is 0 Å². The lowest BCUT2D eigenvalue weighted by Crippen LogP contribution is -2.26. The SMILES string of the molecule is C[C@H]1C[C@H]1c1ccc(/C=C(\C#N)C(=O)NCCc2ccccc2)o1. The second kappa shape index (κ2) is 7.18. The number of furan rings is 1. The summed E-state index contributed by atoms with van der Waals surface area (Å²) in [5.41, 5.74) is 1.21. The Hall–Kier alpha value is -2.80. The molecule has 0 saturated heterocycles. The smallest absolute Gasteiger partial charge is 0.262 e. The summed E-state index contributed by atoms with van der Waals surface area (Å²) in [7, 11) is 0. The van der Waals surface area contributed by atoms with E-state index in [1.807, 2.05) is 48.5 Å². The Morgan fingerprint density at radius 2 is 2.08 bits per heavy atom. The summed E-state index contributed by atoms with van der Waals surface area (Å²) in [5, 5.41) is 12.0. The summed E-state index contributed by atoms with van der Waals surface area (Å²) < 4.78 is 5.73. The summed E-state index contributed by atoms with van der Waals surface area (Å²) >= 11 is 0. The van der Waals surface area contributed by atoms with Crippen LogP contribution in [0.1, 0.15) is 36.3 Å². The normalized spacial score (nSPS) is 19.6. The van der Waals surface area contributed by atoms with Crippen molar-refractivity contribution in [1.29, 1.82) is 5.26 Å². The van der Waals surface area contributed by atoms with Crippen molar-refractivity contribution in [2.24, 2.45) is 5.92 Å². The molecule has 1 N–H and O–H groups in total. The second-order valence-corrected chi connectivity index (χ2v) is 6.22. The predicted octanol–water partition coefficient (Wildman–Crippen LogP) is 3.67. The van der Waals surface area contributed by atoms with Crippen LogP contribution in [-0.4, -0.2) is 12.5 Å². The van der Waals surface area contributed by atoms with Gasteiger partial charge in [0.15, 0.2) is 0 Å². The van der Waals surface area contributed by atoms with Gasteiger partial charge in [0.05, 0.1) is 0 Å². The molecule has 2 aromatic rings. The Labute approximate surface area is 141 Å². The van der Waals surface area contributed by atoms with Crippen LogP contribution in [0.3, 0.4) is 0 Å². The predicted molar refractivity (Wildman–Crippen MR) is 92.0 cm³/mol. The van der Waals surface area contributed by atoms with E-state index in [4.69, 9.17) is 4.42 Å². The summed E-state index contributed by atoms with van der Waals surface area (Å²) in [6.07, 6.45) is 3.38. The Balaban J connectivity index is 1.57. The lowest BCUT2D eigenvalue weighted by Gasteiger charge is -2.04. The molecule has 1 saturated carbocycles. The summed E-state index contributed by atoms with van der Waals surface area (Å²) in [5.74, 6) is 2.27. The van der Waals surface area contributed by atoms with Crippen LogP contribution >= 0.6 is 0 Å². The number of amides is 1. The molecule has 0 radical (unpaired) electrons. The fraction of sp³-hybridized carbons (Fsp3) is 0.300. The summed E-state index contributed by atoms with van der Waals surface area (Å²) in [6.45, 7) is 2.68. The molecule has 122 valence electrons. The fourth-order valence-electron chi connectivity index (χ4n) is 2.71. The van der Waals surface area contributed by atoms with Gasteiger partial charge in [-0.25, -0.2) is 0 Å². The van der Waals surface area contributed by atoms with E-state index in [2.05, 4.69) is 12.2 Å². The van der Waals surface area contributed by atoms with Crippen molar-refractivity contribution in [2.45, 2.75) is 25.7 Å². The molecule has 24 heavy (non-hydrogen) atoms. The van der Waals surface area contributed by atoms with Crippen LogP contribution in [0.4, 0.5) is 0 Å². The van der Waals surface area contributed by atoms with Gasteiger partial charge in [-0.05, 0) is 36.5 Å². The molecule has 1 aliphatic rings. The van der Waals surface area contributed by atoms with Gasteiger partial charge in [-0.2, -0.15) is 5.26 Å². The number of hydrogen-bond acceptors (Lipinski definition) is 3. The first-order valence-electron chi connectivity index (χ1n) is 8.21. The first-order chi connectivity index (χ1) is 11.7. The number of benzene rings is 1. The number of hydrogen-bond donors (Lipinski definition) is 1. The molecule has 1 aliphatic carbocycles. The third-order valence-electron chi connectivity index (χ3n) is 4.32. The van der Waals surface area contributed by atoms with Crippen molar-refractivity contribution in [1.82, 2.24) is 5.32 Å². The highest BCUT2D eigenvalue weighted by molar-refractivity contribution is 6.01. The lowest BCUT2D eigenvalue weighted by atomic mass is 10.1. The van der Waals surface area contributed by atoms with Gasteiger partial charge in [-0.15, -0.1) is 0 Å². The monoisotopic (exact) mass is 320 g/mol. The van der Waals surface area contributed by atoms with Crippen molar-refractivity contribution >= 4 is 12.0 Å². The average Bonchev–Trinajstić information content (AvgIpc) is 3.15. The Bertz CT molecular complexity index is 783. The zero-order chi connectivity index (χ0) is 16.9. The van der Waals surface area contributed by atoms with Gasteiger partial charge in [-0.3, -0.25) is 4.79 Å². The van der Waals surface area contributed by atoms with Crippen LogP contribution in [0.25, 0.3) is 6.08 Å². The molecule has 0 unspecified atom stereocenters. The topological polar surface area (TPSA) is 66.0 Å². The quantitative estimate of drug-likeness (QED) is 0.652. The maximum absolute atomic E-state index is 12.1. The van der Waals surface area contributed by atoms with Gasteiger partial charge in [0, 0.05) is 18.5 Å². The largest absolute Gasteiger partial charge is 0.461 e. The van der Waals surface area contributed by atoms with E-state index in [1.165, 1.54) is 6.08 Å². The molecular formula is C20H20N2O2. The van der Waals surface area contributed by atoms with E-state index in [9.17, 15) is 10.1 Å². The fourth-order valence-corrected chi connectivity index (χ4v) is 2.71. The first kappa shape index (κ1) is 16.1. The molecule has 1 fully saturated rings. The molecule has 4 nitrogen and oxygen atoms in total. The molecule has 2 atom stereocenters. The standard InChI is InChI=1S/C20H20N2O2/c1-14-11-18(14)19-8-7-17(24-19)12-16(13-21)20(23)22-10-9-15-5-3-2-4-6-15/h2-8,12,14,18H,9-11H2,1H3,(H,22,23)/b16-12+/t14-,18+/m0/s1. The Morgan fingerprint density at radius 1 is 1.33 bits per heavy atom. The Kier molecular flexibility index (Phi) is 4.81. The maximum atomic E-state index is 12.1. The molecule has 1 aromatic carbocycles. The molecular weight excluding hydrogens is 300 g/mol. The van der Waals surface area contributed by atoms with E-state index >= 15 is 0 Å². The Morgan fingerprint density at radius 3 is 2.75 bits per heavy atom. The van der Waals surface area contributed by atoms with Crippen LogP contribution in [0.15, 0.2) is 52.5 Å². The number of nitriles is 1. The molecule has 1 aromatic heterocycles. The van der Waals surface area contributed by atoms with Crippen LogP contribution < -0.4 is 5.32 Å². The molecule has 4 heteroatoms. The maximum Gasteiger partial charge on any atom is 0.262 e. The number of carbonyl (C=O) groups excluding carboxylic acids is 1. The molecule has 0 spiro atoms. The number of rotatable bonds is 6. The van der Waals surface area contributed by atoms with E-state index in [-0.39, 0.29) is 11.5 Å². The highest BCUT2D eigenvalue weighted by Gasteiger charge is 2.36. The number of nitrogens with one attached hydrogen (secondary N) is 1. The highest BCUT2D eigenvalue weighted by atomic mass is 16.3. The van der Waals surface area contributed by atoms with E-state index in [0.717, 1.165) is 24.2 Å². The van der Waals surface area contributed by atoms with Gasteiger partial charge < -0.3 is 9.73 Å². The zero-order valence-corrected chi connectivity index (χ0v) is 13.7. The minimum atomic E-state index is -0.369. The summed E-state index contributed by atoms with van der Waals surface area (Å²) in [6, 6.07) is 15.6. The van der Waals surface area contributed by atoms with Crippen molar-refractivity contribution in [3.05, 3.63) is 65.1 Å². The van der Waals surface area contributed by atoms with Gasteiger partial charge in [0.25, 0.3) is 5.91 Å². The lowest BCUT2D eigenvalue weighted by molar-refractivity contribution is -0.117. The molecule has 0 aliphatic heterocycles. The zero-order valence-electron chi connectivity index (χ0n) is 13.7. The van der Waals surface area contributed by atoms with Crippen molar-refractivity contribution in [3.63, 3.8) is 0 Å². The van der Waals surface area contributed by atoms with E-state index in [0.29, 0.717) is 24.1 Å². The second-order valence-electron chi connectivity index (χ2n) is 6.22. The summed E-state index contributed by atoms with van der Waals surface area (Å²) in [4.78, 5) is 12.1. The van der Waals surface area contributed by atoms with Gasteiger partial charge in [-0.1, -0.05) is 37.3 Å². The van der Waals surface area contributed by atoms with Crippen LogP contribution in [0.5, 0.6) is 0 Å². The highest BCUT2D eigenvalue weighted by Crippen LogP contribution is 2.47. The minimum Gasteiger partial charge on any atom is -0.461 e. The first-order valence-corrected chi connectivity index (χ1v) is 8.21. The molecule has 3 rings (SSSR count).